The summed E-state index contributed by atoms with van der Waals surface area (Å²) >= 11 is 6.17. The summed E-state index contributed by atoms with van der Waals surface area (Å²) in [5.41, 5.74) is 12.5. The number of phenolic OH excluding ortho intramolecular Hbond substituents is 1. The number of aromatic nitrogens is 4. The molecule has 0 bridgehead atoms. The lowest BCUT2D eigenvalue weighted by atomic mass is 9.81. The second kappa shape index (κ2) is 22.2. The van der Waals surface area contributed by atoms with Gasteiger partial charge in [-0.15, -0.1) is 0 Å². The average Bonchev–Trinajstić information content (AvgIpc) is 3.23. The van der Waals surface area contributed by atoms with E-state index in [-0.39, 0.29) is 34.7 Å². The maximum absolute atomic E-state index is 11.4. The molecule has 19 nitrogen and oxygen atoms in total. The van der Waals surface area contributed by atoms with E-state index in [1.54, 1.807) is 24.3 Å². The summed E-state index contributed by atoms with van der Waals surface area (Å²) in [7, 11) is 0. The highest BCUT2D eigenvalue weighted by Crippen LogP contribution is 2.31. The zero-order chi connectivity index (χ0) is 42.1. The molecule has 0 spiro atoms. The Kier molecular flexibility index (Phi) is 16.5. The van der Waals surface area contributed by atoms with Crippen LogP contribution in [0.3, 0.4) is 0 Å². The fourth-order valence-electron chi connectivity index (χ4n) is 7.29. The predicted molar refractivity (Wildman–Crippen MR) is 228 cm³/mol. The highest BCUT2D eigenvalue weighted by atomic mass is 35.5. The van der Waals surface area contributed by atoms with Crippen LogP contribution in [0.2, 0.25) is 5.02 Å². The van der Waals surface area contributed by atoms with Crippen molar-refractivity contribution in [3.8, 4) is 5.75 Å². The van der Waals surface area contributed by atoms with Crippen molar-refractivity contribution < 1.29 is 15.0 Å². The van der Waals surface area contributed by atoms with Crippen molar-refractivity contribution in [2.75, 3.05) is 47.4 Å². The van der Waals surface area contributed by atoms with E-state index in [9.17, 15) is 25.3 Å². The first-order chi connectivity index (χ1) is 28.5. The van der Waals surface area contributed by atoms with E-state index in [1.165, 1.54) is 12.4 Å². The molecule has 6 rings (SSSR count). The standard InChI is InChI=1S/C20H27ClN8O2.C19H26N6O3/c21-16-7-2-1-6-15(16)11-26-20-27-12-17(29(30)31)18(28-20)24-9-13-4-3-5-14(8-13)10-25-19(22)23;20-9-13-4-6-14(7-5-13)10-21-18-17(25(27)28)12-23-19(24-18)22-11-15-2-1-3-16(26)8-15/h1-2,6-7,12-14H,3-5,8-11H2,(H4,22,23,25)(H2,24,26,27,28);1-3,8,12-14,26H,4-7,9-11,20H2,(H2,21,22,23,24). The van der Waals surface area contributed by atoms with Crippen molar-refractivity contribution in [2.45, 2.75) is 64.5 Å². The molecule has 2 heterocycles. The van der Waals surface area contributed by atoms with Crippen molar-refractivity contribution >= 4 is 52.5 Å². The molecule has 2 aromatic heterocycles. The number of benzene rings is 2. The molecular weight excluding hydrogens is 780 g/mol. The number of aromatic hydroxyl groups is 1. The van der Waals surface area contributed by atoms with Gasteiger partial charge in [0.2, 0.25) is 23.5 Å². The van der Waals surface area contributed by atoms with Crippen LogP contribution >= 0.6 is 11.6 Å². The van der Waals surface area contributed by atoms with E-state index in [4.69, 9.17) is 28.5 Å². The molecule has 59 heavy (non-hydrogen) atoms. The topological polar surface area (TPSA) is 294 Å². The van der Waals surface area contributed by atoms with Crippen LogP contribution in [0, 0.1) is 49.3 Å². The fraction of sp³-hybridized carbons (Fsp3) is 0.462. The Morgan fingerprint density at radius 3 is 1.93 bits per heavy atom. The smallest absolute Gasteiger partial charge is 0.329 e. The molecule has 0 aliphatic heterocycles. The average molecular weight is 833 g/mol. The molecule has 2 unspecified atom stereocenters. The first-order valence-corrected chi connectivity index (χ1v) is 20.1. The lowest BCUT2D eigenvalue weighted by Crippen LogP contribution is -2.36. The molecule has 2 aliphatic carbocycles. The Labute approximate surface area is 347 Å². The van der Waals surface area contributed by atoms with Crippen molar-refractivity contribution in [2.24, 2.45) is 35.1 Å². The van der Waals surface area contributed by atoms with E-state index >= 15 is 0 Å². The van der Waals surface area contributed by atoms with Gasteiger partial charge in [-0.1, -0.05) is 48.4 Å². The molecular formula is C39H53ClN14O5. The Bertz CT molecular complexity index is 2020. The number of rotatable bonds is 17. The summed E-state index contributed by atoms with van der Waals surface area (Å²) in [4.78, 5) is 38.5. The van der Waals surface area contributed by atoms with Gasteiger partial charge in [0.25, 0.3) is 0 Å². The monoisotopic (exact) mass is 832 g/mol. The van der Waals surface area contributed by atoms with Gasteiger partial charge in [-0.05, 0) is 104 Å². The third-order valence-corrected chi connectivity index (χ3v) is 10.9. The number of hydrogen-bond donors (Lipinski definition) is 9. The maximum Gasteiger partial charge on any atom is 0.329 e. The quantitative estimate of drug-likeness (QED) is 0.0246. The third-order valence-electron chi connectivity index (χ3n) is 10.6. The SMILES string of the molecule is N=C(N)NCC1CCCC(CNc2nc(NCc3ccccc3Cl)ncc2[N+](=O)[O-])C1.NCC1CCC(CNc2nc(NCc3cccc(O)c3)ncc2[N+](=O)[O-])CC1. The minimum absolute atomic E-state index is 0.0197. The molecule has 0 amide bonds. The summed E-state index contributed by atoms with van der Waals surface area (Å²) in [6.45, 7) is 3.43. The van der Waals surface area contributed by atoms with Crippen LogP contribution in [0.1, 0.15) is 62.5 Å². The molecule has 4 aromatic rings. The number of nitrogens with two attached hydrogens (primary N) is 2. The third kappa shape index (κ3) is 14.1. The number of phenols is 1. The summed E-state index contributed by atoms with van der Waals surface area (Å²) in [5.74, 6) is 3.01. The Hall–Kier alpha value is -6.08. The summed E-state index contributed by atoms with van der Waals surface area (Å²) < 4.78 is 0. The molecule has 2 aliphatic rings. The highest BCUT2D eigenvalue weighted by Gasteiger charge is 2.25. The zero-order valence-corrected chi connectivity index (χ0v) is 33.5. The number of anilines is 4. The van der Waals surface area contributed by atoms with Crippen LogP contribution in [0.4, 0.5) is 34.9 Å². The number of nitrogens with zero attached hydrogens (tertiary/aromatic N) is 6. The summed E-state index contributed by atoms with van der Waals surface area (Å²) in [5, 5.41) is 55.5. The second-order valence-electron chi connectivity index (χ2n) is 14.9. The lowest BCUT2D eigenvalue weighted by Gasteiger charge is -2.29. The van der Waals surface area contributed by atoms with E-state index < -0.39 is 9.85 Å². The Balaban J connectivity index is 0.000000225. The number of halogens is 1. The molecule has 2 saturated carbocycles. The fourth-order valence-corrected chi connectivity index (χ4v) is 7.50. The van der Waals surface area contributed by atoms with Gasteiger partial charge in [-0.3, -0.25) is 25.6 Å². The van der Waals surface area contributed by atoms with E-state index in [0.29, 0.717) is 73.3 Å². The molecule has 2 atom stereocenters. The van der Waals surface area contributed by atoms with E-state index in [2.05, 4.69) is 46.5 Å². The number of guanidine groups is 1. The summed E-state index contributed by atoms with van der Waals surface area (Å²) in [6.07, 6.45) is 10.9. The van der Waals surface area contributed by atoms with Gasteiger partial charge in [0.15, 0.2) is 5.96 Å². The molecule has 2 fully saturated rings. The van der Waals surface area contributed by atoms with Crippen LogP contribution < -0.4 is 38.1 Å². The Morgan fingerprint density at radius 1 is 0.780 bits per heavy atom. The summed E-state index contributed by atoms with van der Waals surface area (Å²) in [6, 6.07) is 14.2. The highest BCUT2D eigenvalue weighted by molar-refractivity contribution is 6.31. The molecule has 11 N–H and O–H groups in total. The minimum atomic E-state index is -0.485. The van der Waals surface area contributed by atoms with Crippen molar-refractivity contribution in [1.29, 1.82) is 5.41 Å². The van der Waals surface area contributed by atoms with Crippen LogP contribution in [-0.2, 0) is 13.1 Å². The molecule has 0 saturated heterocycles. The molecule has 20 heteroatoms. The number of hydrogen-bond acceptors (Lipinski definition) is 15. The van der Waals surface area contributed by atoms with Gasteiger partial charge in [-0.2, -0.15) is 9.97 Å². The van der Waals surface area contributed by atoms with Gasteiger partial charge >= 0.3 is 11.4 Å². The van der Waals surface area contributed by atoms with Crippen LogP contribution in [0.25, 0.3) is 0 Å². The van der Waals surface area contributed by atoms with Crippen molar-refractivity contribution in [3.05, 3.63) is 97.3 Å². The van der Waals surface area contributed by atoms with Gasteiger partial charge in [-0.25, -0.2) is 9.97 Å². The molecule has 0 radical (unpaired) electrons. The van der Waals surface area contributed by atoms with Gasteiger partial charge < -0.3 is 43.2 Å². The predicted octanol–water partition coefficient (Wildman–Crippen LogP) is 6.23. The largest absolute Gasteiger partial charge is 0.508 e. The lowest BCUT2D eigenvalue weighted by molar-refractivity contribution is -0.384. The zero-order valence-electron chi connectivity index (χ0n) is 32.8. The second-order valence-corrected chi connectivity index (χ2v) is 15.3. The van der Waals surface area contributed by atoms with Crippen molar-refractivity contribution in [3.63, 3.8) is 0 Å². The number of nitro groups is 2. The van der Waals surface area contributed by atoms with Crippen LogP contribution in [-0.4, -0.2) is 67.0 Å². The maximum atomic E-state index is 11.4. The van der Waals surface area contributed by atoms with E-state index in [1.807, 2.05) is 24.3 Å². The van der Waals surface area contributed by atoms with Gasteiger partial charge in [0, 0.05) is 37.7 Å². The minimum Gasteiger partial charge on any atom is -0.508 e. The first kappa shape index (κ1) is 44.0. The van der Waals surface area contributed by atoms with E-state index in [0.717, 1.165) is 69.0 Å². The van der Waals surface area contributed by atoms with Gasteiger partial charge in [0.05, 0.1) is 9.85 Å². The number of nitrogens with one attached hydrogen (secondary N) is 6. The van der Waals surface area contributed by atoms with Crippen LogP contribution in [0.15, 0.2) is 60.9 Å². The first-order valence-electron chi connectivity index (χ1n) is 19.7. The molecule has 2 aromatic carbocycles. The normalized spacial score (nSPS) is 18.7. The Morgan fingerprint density at radius 2 is 1.36 bits per heavy atom. The molecule has 316 valence electrons. The van der Waals surface area contributed by atoms with Gasteiger partial charge in [0.1, 0.15) is 18.1 Å². The van der Waals surface area contributed by atoms with Crippen molar-refractivity contribution in [1.82, 2.24) is 25.3 Å². The van der Waals surface area contributed by atoms with Crippen LogP contribution in [0.5, 0.6) is 5.75 Å².